The number of rotatable bonds is 5. The number of hydrogen-bond donors (Lipinski definition) is 2. The van der Waals surface area contributed by atoms with Crippen molar-refractivity contribution in [1.29, 1.82) is 0 Å². The molecule has 0 aliphatic carbocycles. The van der Waals surface area contributed by atoms with Gasteiger partial charge in [-0.25, -0.2) is 0 Å². The normalized spacial score (nSPS) is 17.4. The minimum atomic E-state index is -0.463. The van der Waals surface area contributed by atoms with E-state index in [9.17, 15) is 9.59 Å². The Hall–Kier alpha value is -2.08. The Bertz CT molecular complexity index is 487. The molecule has 0 aromatic heterocycles. The average molecular weight is 277 g/mol. The predicted molar refractivity (Wildman–Crippen MR) is 74.3 cm³/mol. The molecule has 1 fully saturated rings. The lowest BCUT2D eigenvalue weighted by atomic mass is 10.0. The summed E-state index contributed by atoms with van der Waals surface area (Å²) < 4.78 is 5.10. The van der Waals surface area contributed by atoms with E-state index in [1.165, 1.54) is 0 Å². The quantitative estimate of drug-likeness (QED) is 0.761. The van der Waals surface area contributed by atoms with Crippen LogP contribution in [0, 0.1) is 0 Å². The number of carbonyl (C=O) groups excluding carboxylic acids is 2. The highest BCUT2D eigenvalue weighted by Crippen LogP contribution is 2.15. The van der Waals surface area contributed by atoms with E-state index in [-0.39, 0.29) is 12.5 Å². The third-order valence-electron chi connectivity index (χ3n) is 3.43. The van der Waals surface area contributed by atoms with Crippen LogP contribution in [-0.4, -0.2) is 49.5 Å². The standard InChI is InChI=1S/C14H19N3O3/c1-20-11-4-2-10(3-5-11)8-12(14(15)19)17-7-6-16-13(18)9-17/h2-5,12H,6-9H2,1H3,(H2,15,19)(H,16,18). The molecule has 1 aromatic rings. The van der Waals surface area contributed by atoms with Crippen LogP contribution < -0.4 is 15.8 Å². The first-order chi connectivity index (χ1) is 9.60. The minimum Gasteiger partial charge on any atom is -0.497 e. The van der Waals surface area contributed by atoms with Crippen LogP contribution >= 0.6 is 0 Å². The van der Waals surface area contributed by atoms with Gasteiger partial charge < -0.3 is 15.8 Å². The molecule has 2 rings (SSSR count). The number of nitrogens with zero attached hydrogens (tertiary/aromatic N) is 1. The lowest BCUT2D eigenvalue weighted by Gasteiger charge is -2.32. The largest absolute Gasteiger partial charge is 0.497 e. The van der Waals surface area contributed by atoms with Crippen molar-refractivity contribution in [3.63, 3.8) is 0 Å². The van der Waals surface area contributed by atoms with Crippen LogP contribution in [-0.2, 0) is 16.0 Å². The van der Waals surface area contributed by atoms with Gasteiger partial charge in [-0.05, 0) is 24.1 Å². The molecule has 3 N–H and O–H groups in total. The van der Waals surface area contributed by atoms with Crippen molar-refractivity contribution < 1.29 is 14.3 Å². The molecule has 0 radical (unpaired) electrons. The van der Waals surface area contributed by atoms with Crippen molar-refractivity contribution in [2.75, 3.05) is 26.7 Å². The van der Waals surface area contributed by atoms with Crippen molar-refractivity contribution in [3.8, 4) is 5.75 Å². The summed E-state index contributed by atoms with van der Waals surface area (Å²) in [6.45, 7) is 1.39. The fourth-order valence-corrected chi connectivity index (χ4v) is 2.32. The molecule has 0 spiro atoms. The number of piperazine rings is 1. The second kappa shape index (κ2) is 6.38. The smallest absolute Gasteiger partial charge is 0.235 e. The van der Waals surface area contributed by atoms with Crippen LogP contribution in [0.15, 0.2) is 24.3 Å². The molecule has 108 valence electrons. The van der Waals surface area contributed by atoms with Crippen molar-refractivity contribution in [2.24, 2.45) is 5.73 Å². The number of nitrogens with two attached hydrogens (primary N) is 1. The molecule has 2 amide bonds. The monoisotopic (exact) mass is 277 g/mol. The number of nitrogens with one attached hydrogen (secondary N) is 1. The topological polar surface area (TPSA) is 84.7 Å². The fraction of sp³-hybridized carbons (Fsp3) is 0.429. The molecule has 1 saturated heterocycles. The highest BCUT2D eigenvalue weighted by atomic mass is 16.5. The lowest BCUT2D eigenvalue weighted by Crippen LogP contribution is -2.55. The van der Waals surface area contributed by atoms with Crippen LogP contribution in [0.25, 0.3) is 0 Å². The van der Waals surface area contributed by atoms with E-state index in [2.05, 4.69) is 5.32 Å². The maximum Gasteiger partial charge on any atom is 0.235 e. The van der Waals surface area contributed by atoms with Gasteiger partial charge in [0.15, 0.2) is 0 Å². The molecular formula is C14H19N3O3. The first-order valence-electron chi connectivity index (χ1n) is 6.53. The van der Waals surface area contributed by atoms with Crippen molar-refractivity contribution in [2.45, 2.75) is 12.5 Å². The van der Waals surface area contributed by atoms with Gasteiger partial charge in [0.2, 0.25) is 11.8 Å². The van der Waals surface area contributed by atoms with Gasteiger partial charge in [0.25, 0.3) is 0 Å². The molecule has 6 nitrogen and oxygen atoms in total. The zero-order valence-electron chi connectivity index (χ0n) is 11.5. The van der Waals surface area contributed by atoms with Crippen LogP contribution in [0.3, 0.4) is 0 Å². The number of amides is 2. The van der Waals surface area contributed by atoms with Crippen molar-refractivity contribution >= 4 is 11.8 Å². The Balaban J connectivity index is 2.08. The van der Waals surface area contributed by atoms with E-state index < -0.39 is 11.9 Å². The molecule has 1 heterocycles. The SMILES string of the molecule is COc1ccc(CC(C(N)=O)N2CCNC(=O)C2)cc1. The Labute approximate surface area is 117 Å². The zero-order chi connectivity index (χ0) is 14.5. The molecule has 1 aromatic carbocycles. The number of benzene rings is 1. The molecule has 1 unspecified atom stereocenters. The van der Waals surface area contributed by atoms with Crippen molar-refractivity contribution in [3.05, 3.63) is 29.8 Å². The number of carbonyl (C=O) groups is 2. The second-order valence-corrected chi connectivity index (χ2v) is 4.79. The van der Waals surface area contributed by atoms with E-state index in [1.54, 1.807) is 7.11 Å². The summed E-state index contributed by atoms with van der Waals surface area (Å²) in [7, 11) is 1.60. The summed E-state index contributed by atoms with van der Waals surface area (Å²) in [5, 5.41) is 2.74. The van der Waals surface area contributed by atoms with Gasteiger partial charge in [0.05, 0.1) is 19.7 Å². The van der Waals surface area contributed by atoms with Crippen LogP contribution in [0.4, 0.5) is 0 Å². The Morgan fingerprint density at radius 2 is 2.15 bits per heavy atom. The molecule has 1 aliphatic rings. The van der Waals surface area contributed by atoms with E-state index in [0.717, 1.165) is 11.3 Å². The van der Waals surface area contributed by atoms with E-state index in [0.29, 0.717) is 19.5 Å². The summed E-state index contributed by atoms with van der Waals surface area (Å²) in [4.78, 5) is 24.9. The molecule has 6 heteroatoms. The number of methoxy groups -OCH3 is 1. The molecule has 1 aliphatic heterocycles. The summed E-state index contributed by atoms with van der Waals surface area (Å²) in [5.41, 5.74) is 6.47. The van der Waals surface area contributed by atoms with Gasteiger partial charge in [0.1, 0.15) is 5.75 Å². The Kier molecular flexibility index (Phi) is 4.57. The lowest BCUT2D eigenvalue weighted by molar-refractivity contribution is -0.129. The third kappa shape index (κ3) is 3.48. The fourth-order valence-electron chi connectivity index (χ4n) is 2.32. The molecule has 1 atom stereocenters. The number of primary amides is 1. The van der Waals surface area contributed by atoms with Gasteiger partial charge in [-0.3, -0.25) is 14.5 Å². The number of ether oxygens (including phenoxy) is 1. The first-order valence-corrected chi connectivity index (χ1v) is 6.53. The molecule has 20 heavy (non-hydrogen) atoms. The summed E-state index contributed by atoms with van der Waals surface area (Å²) in [6, 6.07) is 7.03. The Morgan fingerprint density at radius 3 is 2.70 bits per heavy atom. The van der Waals surface area contributed by atoms with Gasteiger partial charge in [-0.15, -0.1) is 0 Å². The number of hydrogen-bond acceptors (Lipinski definition) is 4. The summed E-state index contributed by atoms with van der Waals surface area (Å²) >= 11 is 0. The van der Waals surface area contributed by atoms with E-state index >= 15 is 0 Å². The van der Waals surface area contributed by atoms with Gasteiger partial charge in [-0.2, -0.15) is 0 Å². The third-order valence-corrected chi connectivity index (χ3v) is 3.43. The summed E-state index contributed by atoms with van der Waals surface area (Å²) in [5.74, 6) is 0.287. The van der Waals surface area contributed by atoms with Crippen LogP contribution in [0.5, 0.6) is 5.75 Å². The van der Waals surface area contributed by atoms with Gasteiger partial charge >= 0.3 is 0 Å². The Morgan fingerprint density at radius 1 is 1.45 bits per heavy atom. The predicted octanol–water partition coefficient (Wildman–Crippen LogP) is -0.477. The average Bonchev–Trinajstić information content (AvgIpc) is 2.45. The van der Waals surface area contributed by atoms with E-state index in [1.807, 2.05) is 29.2 Å². The second-order valence-electron chi connectivity index (χ2n) is 4.79. The maximum atomic E-state index is 11.7. The first kappa shape index (κ1) is 14.3. The zero-order valence-corrected chi connectivity index (χ0v) is 11.5. The van der Waals surface area contributed by atoms with Gasteiger partial charge in [0, 0.05) is 13.1 Å². The minimum absolute atomic E-state index is 0.0720. The van der Waals surface area contributed by atoms with Crippen LogP contribution in [0.2, 0.25) is 0 Å². The van der Waals surface area contributed by atoms with Crippen molar-refractivity contribution in [1.82, 2.24) is 10.2 Å². The summed E-state index contributed by atoms with van der Waals surface area (Å²) in [6.07, 6.45) is 0.493. The molecule has 0 saturated carbocycles. The highest BCUT2D eigenvalue weighted by Gasteiger charge is 2.28. The highest BCUT2D eigenvalue weighted by molar-refractivity contribution is 5.83. The molecule has 0 bridgehead atoms. The van der Waals surface area contributed by atoms with E-state index in [4.69, 9.17) is 10.5 Å². The van der Waals surface area contributed by atoms with Crippen LogP contribution in [0.1, 0.15) is 5.56 Å². The molecular weight excluding hydrogens is 258 g/mol. The maximum absolute atomic E-state index is 11.7. The van der Waals surface area contributed by atoms with Gasteiger partial charge in [-0.1, -0.05) is 12.1 Å².